The lowest BCUT2D eigenvalue weighted by Gasteiger charge is -2.63. The molecule has 166 valence electrons. The summed E-state index contributed by atoms with van der Waals surface area (Å²) in [6.07, 6.45) is 8.63. The summed E-state index contributed by atoms with van der Waals surface area (Å²) in [5, 5.41) is 4.34. The molecule has 0 aliphatic heterocycles. The summed E-state index contributed by atoms with van der Waals surface area (Å²) in [6.45, 7) is 7.11. The van der Waals surface area contributed by atoms with E-state index in [0.717, 1.165) is 29.5 Å². The molecular weight excluding hydrogens is 456 g/mol. The Morgan fingerprint density at radius 3 is 2.65 bits per heavy atom. The van der Waals surface area contributed by atoms with Gasteiger partial charge in [0, 0.05) is 31.9 Å². The lowest BCUT2D eigenvalue weighted by Crippen LogP contribution is -2.60. The van der Waals surface area contributed by atoms with Gasteiger partial charge in [0.15, 0.2) is 5.78 Å². The Labute approximate surface area is 192 Å². The second kappa shape index (κ2) is 8.49. The number of pyridine rings is 1. The number of ketones is 1. The van der Waals surface area contributed by atoms with Crippen LogP contribution in [0, 0.1) is 23.2 Å². The molecule has 3 aliphatic rings. The molecule has 0 radical (unpaired) electrons. The van der Waals surface area contributed by atoms with Gasteiger partial charge < -0.3 is 4.90 Å². The van der Waals surface area contributed by atoms with Crippen molar-refractivity contribution >= 4 is 27.4 Å². The molecule has 0 aromatic carbocycles. The van der Waals surface area contributed by atoms with Gasteiger partial charge in [-0.15, -0.1) is 0 Å². The molecule has 0 saturated heterocycles. The fourth-order valence-corrected chi connectivity index (χ4v) is 6.29. The minimum Gasteiger partial charge on any atom is -0.369 e. The molecule has 2 heterocycles. The lowest BCUT2D eigenvalue weighted by atomic mass is 9.44. The molecule has 2 aromatic heterocycles. The minimum absolute atomic E-state index is 0.00925. The van der Waals surface area contributed by atoms with Gasteiger partial charge in [0.2, 0.25) is 0 Å². The van der Waals surface area contributed by atoms with E-state index in [-0.39, 0.29) is 17.9 Å². The molecular formula is C24H31BrN4O2. The van der Waals surface area contributed by atoms with Crippen molar-refractivity contribution in [3.05, 3.63) is 51.1 Å². The Balaban J connectivity index is 1.44. The molecule has 31 heavy (non-hydrogen) atoms. The van der Waals surface area contributed by atoms with Crippen LogP contribution in [-0.4, -0.2) is 33.6 Å². The number of fused-ring (bicyclic) bond motifs is 2. The van der Waals surface area contributed by atoms with Crippen LogP contribution in [0.25, 0.3) is 0 Å². The number of halogens is 1. The molecule has 6 nitrogen and oxygen atoms in total. The predicted molar refractivity (Wildman–Crippen MR) is 125 cm³/mol. The Morgan fingerprint density at radius 1 is 1.29 bits per heavy atom. The molecule has 3 fully saturated rings. The first-order valence-corrected chi connectivity index (χ1v) is 11.9. The molecule has 4 atom stereocenters. The largest absolute Gasteiger partial charge is 0.369 e. The van der Waals surface area contributed by atoms with E-state index < -0.39 is 0 Å². The zero-order valence-corrected chi connectivity index (χ0v) is 20.3. The van der Waals surface area contributed by atoms with Crippen LogP contribution >= 0.6 is 15.9 Å². The summed E-state index contributed by atoms with van der Waals surface area (Å²) in [4.78, 5) is 31.5. The Hall–Kier alpha value is -2.02. The highest BCUT2D eigenvalue weighted by Gasteiger charge is 2.57. The van der Waals surface area contributed by atoms with Crippen molar-refractivity contribution in [3.8, 4) is 0 Å². The second-order valence-corrected chi connectivity index (χ2v) is 10.6. The number of hydrogen-bond donors (Lipinski definition) is 0. The van der Waals surface area contributed by atoms with Gasteiger partial charge in [0.05, 0.1) is 11.9 Å². The van der Waals surface area contributed by atoms with Crippen LogP contribution in [0.2, 0.25) is 0 Å². The monoisotopic (exact) mass is 486 g/mol. The Morgan fingerprint density at radius 2 is 2.00 bits per heavy atom. The van der Waals surface area contributed by atoms with E-state index in [2.05, 4.69) is 58.7 Å². The number of nitrogens with zero attached hydrogens (tertiary/aromatic N) is 4. The van der Waals surface area contributed by atoms with Gasteiger partial charge >= 0.3 is 0 Å². The van der Waals surface area contributed by atoms with Crippen molar-refractivity contribution in [1.82, 2.24) is 14.8 Å². The topological polar surface area (TPSA) is 68.1 Å². The first-order valence-electron chi connectivity index (χ1n) is 11.1. The van der Waals surface area contributed by atoms with Crippen molar-refractivity contribution in [3.63, 3.8) is 0 Å². The number of hydrogen-bond acceptors (Lipinski definition) is 5. The van der Waals surface area contributed by atoms with Gasteiger partial charge in [-0.3, -0.25) is 14.6 Å². The lowest BCUT2D eigenvalue weighted by molar-refractivity contribution is -0.119. The number of carbonyl (C=O) groups excluding carboxylic acids is 1. The van der Waals surface area contributed by atoms with Gasteiger partial charge in [0.25, 0.3) is 5.56 Å². The Bertz CT molecular complexity index is 1020. The second-order valence-electron chi connectivity index (χ2n) is 9.83. The molecule has 2 bridgehead atoms. The number of anilines is 1. The zero-order chi connectivity index (χ0) is 22.3. The molecule has 7 heteroatoms. The third kappa shape index (κ3) is 4.09. The van der Waals surface area contributed by atoms with E-state index in [9.17, 15) is 9.59 Å². The van der Waals surface area contributed by atoms with Crippen molar-refractivity contribution in [2.45, 2.75) is 59.0 Å². The van der Waals surface area contributed by atoms with Gasteiger partial charge in [-0.25, -0.2) is 4.68 Å². The minimum atomic E-state index is -0.254. The van der Waals surface area contributed by atoms with Gasteiger partial charge in [-0.1, -0.05) is 20.8 Å². The Kier molecular flexibility index (Phi) is 6.08. The number of aromatic nitrogens is 3. The van der Waals surface area contributed by atoms with Gasteiger partial charge in [-0.05, 0) is 76.1 Å². The third-order valence-electron chi connectivity index (χ3n) is 7.93. The first-order chi connectivity index (χ1) is 14.7. The fourth-order valence-electron chi connectivity index (χ4n) is 5.71. The molecule has 3 aliphatic carbocycles. The van der Waals surface area contributed by atoms with Gasteiger partial charge in [0.1, 0.15) is 11.0 Å². The van der Waals surface area contributed by atoms with Crippen molar-refractivity contribution in [2.75, 3.05) is 11.9 Å². The average molecular weight is 487 g/mol. The van der Waals surface area contributed by atoms with E-state index in [1.165, 1.54) is 11.1 Å². The zero-order valence-electron chi connectivity index (χ0n) is 18.7. The molecule has 3 saturated carbocycles. The average Bonchev–Trinajstić information content (AvgIpc) is 2.75. The van der Waals surface area contributed by atoms with Crippen LogP contribution in [0.3, 0.4) is 0 Å². The van der Waals surface area contributed by atoms with E-state index in [1.54, 1.807) is 18.6 Å². The third-order valence-corrected chi connectivity index (χ3v) is 8.67. The quantitative estimate of drug-likeness (QED) is 0.588. The summed E-state index contributed by atoms with van der Waals surface area (Å²) in [6, 6.07) is 4.19. The summed E-state index contributed by atoms with van der Waals surface area (Å²) < 4.78 is 1.75. The summed E-state index contributed by atoms with van der Waals surface area (Å²) in [5.41, 5.74) is 2.04. The van der Waals surface area contributed by atoms with Crippen molar-refractivity contribution < 1.29 is 4.79 Å². The smallest absolute Gasteiger partial charge is 0.283 e. The van der Waals surface area contributed by atoms with E-state index in [1.807, 2.05) is 12.1 Å². The van der Waals surface area contributed by atoms with E-state index >= 15 is 0 Å². The molecule has 0 amide bonds. The molecule has 2 aromatic rings. The van der Waals surface area contributed by atoms with Crippen molar-refractivity contribution in [1.29, 1.82) is 0 Å². The van der Waals surface area contributed by atoms with Crippen LogP contribution in [0.1, 0.15) is 45.6 Å². The predicted octanol–water partition coefficient (Wildman–Crippen LogP) is 4.11. The van der Waals surface area contributed by atoms with Crippen LogP contribution in [-0.2, 0) is 17.8 Å². The summed E-state index contributed by atoms with van der Waals surface area (Å²) in [5.74, 6) is 2.02. The van der Waals surface area contributed by atoms with E-state index in [0.29, 0.717) is 34.7 Å². The molecule has 5 rings (SSSR count). The highest BCUT2D eigenvalue weighted by molar-refractivity contribution is 9.10. The van der Waals surface area contributed by atoms with Crippen LogP contribution in [0.5, 0.6) is 0 Å². The maximum atomic E-state index is 12.9. The van der Waals surface area contributed by atoms with Crippen LogP contribution in [0.4, 0.5) is 5.69 Å². The maximum absolute atomic E-state index is 12.9. The summed E-state index contributed by atoms with van der Waals surface area (Å²) in [7, 11) is 2.06. The highest BCUT2D eigenvalue weighted by Crippen LogP contribution is 2.62. The molecule has 0 spiro atoms. The number of carbonyl (C=O) groups is 1. The van der Waals surface area contributed by atoms with Crippen molar-refractivity contribution in [2.24, 2.45) is 23.2 Å². The summed E-state index contributed by atoms with van der Waals surface area (Å²) >= 11 is 3.50. The molecule has 0 unspecified atom stereocenters. The number of aryl methyl sites for hydroxylation is 1. The maximum Gasteiger partial charge on any atom is 0.283 e. The van der Waals surface area contributed by atoms with Crippen LogP contribution < -0.4 is 10.5 Å². The SMILES string of the molecule is C[C@H]1[C@H](N(C)c2cnn(CC(=O)CCc3ccncc3)c(=O)c2Br)C[C@@H]2C[C@H]1C2(C)C. The van der Waals surface area contributed by atoms with Crippen LogP contribution in [0.15, 0.2) is 40.0 Å². The normalized spacial score (nSPS) is 26.2. The number of rotatable bonds is 7. The number of Topliss-reactive ketones (excluding diaryl/α,β-unsaturated/α-hetero) is 1. The fraction of sp³-hybridized carbons (Fsp3) is 0.583. The van der Waals surface area contributed by atoms with E-state index in [4.69, 9.17) is 0 Å². The first kappa shape index (κ1) is 22.2. The standard InChI is InChI=1S/C24H31BrN4O2/c1-15-19-11-17(24(19,2)3)12-20(15)28(4)21-13-27-29(23(31)22(21)25)14-18(30)6-5-16-7-9-26-10-8-16/h7-10,13,15,17,19-20H,5-6,11-12,14H2,1-4H3/t15-,17+,19-,20-/m1/s1. The molecule has 0 N–H and O–H groups in total. The van der Waals surface area contributed by atoms with Gasteiger partial charge in [-0.2, -0.15) is 5.10 Å². The highest BCUT2D eigenvalue weighted by atomic mass is 79.9.